The van der Waals surface area contributed by atoms with E-state index < -0.39 is 28.9 Å². The normalized spacial score (nSPS) is 16.1. The van der Waals surface area contributed by atoms with Crippen LogP contribution in [0.2, 0.25) is 0 Å². The van der Waals surface area contributed by atoms with Crippen LogP contribution in [0.5, 0.6) is 0 Å². The average Bonchev–Trinajstić information content (AvgIpc) is 2.79. The largest absolute Gasteiger partial charge is 0.407 e. The van der Waals surface area contributed by atoms with E-state index in [0.29, 0.717) is 25.9 Å². The SMILES string of the molecule is [C-]#[N+]c1ccc(N2C(=O)C(C)(C)N(CCCCN=[N+]=[N-])C2=S)cc1C(F)(F)F. The van der Waals surface area contributed by atoms with Crippen molar-refractivity contribution in [3.8, 4) is 0 Å². The van der Waals surface area contributed by atoms with Crippen LogP contribution in [0.15, 0.2) is 23.3 Å². The molecule has 1 aromatic rings. The van der Waals surface area contributed by atoms with Crippen molar-refractivity contribution in [1.29, 1.82) is 0 Å². The first kappa shape index (κ1) is 21.5. The van der Waals surface area contributed by atoms with Crippen molar-refractivity contribution in [3.63, 3.8) is 0 Å². The van der Waals surface area contributed by atoms with E-state index in [1.54, 1.807) is 18.7 Å². The van der Waals surface area contributed by atoms with Crippen molar-refractivity contribution in [1.82, 2.24) is 4.90 Å². The van der Waals surface area contributed by atoms with Crippen LogP contribution in [0.25, 0.3) is 15.3 Å². The second kappa shape index (κ2) is 8.04. The van der Waals surface area contributed by atoms with Gasteiger partial charge < -0.3 is 4.90 Å². The average molecular weight is 410 g/mol. The summed E-state index contributed by atoms with van der Waals surface area (Å²) >= 11 is 5.38. The molecule has 1 saturated heterocycles. The molecule has 0 unspecified atom stereocenters. The van der Waals surface area contributed by atoms with Crippen molar-refractivity contribution in [2.75, 3.05) is 18.0 Å². The maximum absolute atomic E-state index is 13.3. The Kier molecular flexibility index (Phi) is 6.17. The van der Waals surface area contributed by atoms with Crippen molar-refractivity contribution in [3.05, 3.63) is 45.6 Å². The minimum absolute atomic E-state index is 0.0284. The first-order valence-corrected chi connectivity index (χ1v) is 8.72. The first-order chi connectivity index (χ1) is 13.1. The van der Waals surface area contributed by atoms with E-state index in [4.69, 9.17) is 24.3 Å². The van der Waals surface area contributed by atoms with E-state index in [0.717, 1.165) is 17.0 Å². The van der Waals surface area contributed by atoms with Crippen LogP contribution in [0, 0.1) is 6.57 Å². The van der Waals surface area contributed by atoms with Gasteiger partial charge in [0, 0.05) is 23.7 Å². The monoisotopic (exact) mass is 410 g/mol. The number of anilines is 1. The van der Waals surface area contributed by atoms with Gasteiger partial charge in [-0.25, -0.2) is 4.85 Å². The molecule has 28 heavy (non-hydrogen) atoms. The number of benzene rings is 1. The fourth-order valence-corrected chi connectivity index (χ4v) is 3.43. The number of carbonyl (C=O) groups excluding carboxylic acids is 1. The highest BCUT2D eigenvalue weighted by molar-refractivity contribution is 7.80. The topological polar surface area (TPSA) is 76.7 Å². The molecule has 0 spiro atoms. The summed E-state index contributed by atoms with van der Waals surface area (Å²) in [6.07, 6.45) is -3.55. The fraction of sp³-hybridized carbons (Fsp3) is 0.471. The summed E-state index contributed by atoms with van der Waals surface area (Å²) in [6, 6.07) is 3.10. The number of thiocarbonyl (C=S) groups is 1. The highest BCUT2D eigenvalue weighted by Gasteiger charge is 2.49. The van der Waals surface area contributed by atoms with Gasteiger partial charge in [-0.15, -0.1) is 0 Å². The van der Waals surface area contributed by atoms with E-state index in [1.165, 1.54) is 6.07 Å². The number of unbranched alkanes of at least 4 members (excludes halogenated alkanes) is 1. The van der Waals surface area contributed by atoms with Gasteiger partial charge in [0.1, 0.15) is 5.54 Å². The third-order valence-corrected chi connectivity index (χ3v) is 4.84. The Bertz CT molecular complexity index is 886. The molecule has 2 rings (SSSR count). The molecule has 1 aliphatic heterocycles. The number of carbonyl (C=O) groups is 1. The third kappa shape index (κ3) is 4.03. The van der Waals surface area contributed by atoms with Crippen LogP contribution in [0.1, 0.15) is 32.3 Å². The highest BCUT2D eigenvalue weighted by Crippen LogP contribution is 2.40. The first-order valence-electron chi connectivity index (χ1n) is 8.31. The van der Waals surface area contributed by atoms with Crippen LogP contribution in [0.3, 0.4) is 0 Å². The second-order valence-electron chi connectivity index (χ2n) is 6.61. The van der Waals surface area contributed by atoms with Gasteiger partial charge in [0.25, 0.3) is 5.91 Å². The molecule has 0 radical (unpaired) electrons. The number of amides is 1. The van der Waals surface area contributed by atoms with E-state index in [-0.39, 0.29) is 10.8 Å². The van der Waals surface area contributed by atoms with Gasteiger partial charge in [-0.2, -0.15) is 13.2 Å². The van der Waals surface area contributed by atoms with Crippen LogP contribution in [0.4, 0.5) is 24.5 Å². The summed E-state index contributed by atoms with van der Waals surface area (Å²) in [5, 5.41) is 3.54. The summed E-state index contributed by atoms with van der Waals surface area (Å²) in [5.41, 5.74) is 5.58. The Balaban J connectivity index is 2.34. The Morgan fingerprint density at radius 3 is 2.57 bits per heavy atom. The predicted octanol–water partition coefficient (Wildman–Crippen LogP) is 5.06. The zero-order chi connectivity index (χ0) is 21.1. The summed E-state index contributed by atoms with van der Waals surface area (Å²) in [7, 11) is 0. The van der Waals surface area contributed by atoms with Crippen LogP contribution in [-0.2, 0) is 11.0 Å². The molecule has 7 nitrogen and oxygen atoms in total. The van der Waals surface area contributed by atoms with E-state index >= 15 is 0 Å². The Morgan fingerprint density at radius 1 is 1.32 bits per heavy atom. The summed E-state index contributed by atoms with van der Waals surface area (Å²) in [5.74, 6) is -0.448. The standard InChI is InChI=1S/C17H17F3N6OS/c1-16(2)14(27)26(15(28)25(16)9-5-4-8-23-24-21)11-6-7-13(22-3)12(10-11)17(18,19)20/h6-7,10H,4-5,8-9H2,1-2H3. The number of halogens is 3. The fourth-order valence-electron chi connectivity index (χ4n) is 2.92. The zero-order valence-electron chi connectivity index (χ0n) is 15.2. The summed E-state index contributed by atoms with van der Waals surface area (Å²) in [6.45, 7) is 10.9. The molecule has 0 atom stereocenters. The number of hydrogen-bond donors (Lipinski definition) is 0. The lowest BCUT2D eigenvalue weighted by Gasteiger charge is -2.29. The number of rotatable bonds is 6. The molecule has 1 aliphatic rings. The van der Waals surface area contributed by atoms with Crippen molar-refractivity contribution >= 4 is 34.6 Å². The molecular formula is C17H17F3N6OS. The molecule has 0 aliphatic carbocycles. The molecule has 1 fully saturated rings. The van der Waals surface area contributed by atoms with Crippen molar-refractivity contribution in [2.24, 2.45) is 5.11 Å². The molecule has 0 saturated carbocycles. The molecule has 1 amide bonds. The van der Waals surface area contributed by atoms with Gasteiger partial charge in [-0.1, -0.05) is 11.2 Å². The van der Waals surface area contributed by atoms with Crippen LogP contribution in [-0.4, -0.2) is 34.5 Å². The van der Waals surface area contributed by atoms with Gasteiger partial charge in [0.2, 0.25) is 0 Å². The molecule has 0 aromatic heterocycles. The van der Waals surface area contributed by atoms with Gasteiger partial charge in [0.15, 0.2) is 10.8 Å². The number of nitrogens with zero attached hydrogens (tertiary/aromatic N) is 6. The van der Waals surface area contributed by atoms with Gasteiger partial charge in [0.05, 0.1) is 12.1 Å². The zero-order valence-corrected chi connectivity index (χ0v) is 16.0. The molecule has 1 aromatic carbocycles. The maximum Gasteiger partial charge on any atom is 0.407 e. The van der Waals surface area contributed by atoms with Gasteiger partial charge in [-0.05, 0) is 56.6 Å². The minimum Gasteiger partial charge on any atom is -0.334 e. The second-order valence-corrected chi connectivity index (χ2v) is 6.97. The van der Waals surface area contributed by atoms with E-state index in [9.17, 15) is 18.0 Å². The minimum atomic E-state index is -4.73. The maximum atomic E-state index is 13.3. The van der Waals surface area contributed by atoms with Gasteiger partial charge >= 0.3 is 6.18 Å². The number of hydrogen-bond acceptors (Lipinski definition) is 3. The predicted molar refractivity (Wildman–Crippen MR) is 102 cm³/mol. The van der Waals surface area contributed by atoms with Gasteiger partial charge in [-0.3, -0.25) is 9.69 Å². The van der Waals surface area contributed by atoms with E-state index in [2.05, 4.69) is 14.9 Å². The molecular weight excluding hydrogens is 393 g/mol. The Morgan fingerprint density at radius 2 is 2.00 bits per heavy atom. The highest BCUT2D eigenvalue weighted by atomic mass is 32.1. The lowest BCUT2D eigenvalue weighted by molar-refractivity contribution is -0.136. The quantitative estimate of drug-likeness (QED) is 0.164. The molecule has 148 valence electrons. The molecule has 11 heteroatoms. The lowest BCUT2D eigenvalue weighted by Crippen LogP contribution is -2.44. The molecule has 1 heterocycles. The Hall–Kier alpha value is -2.83. The van der Waals surface area contributed by atoms with E-state index in [1.807, 2.05) is 0 Å². The molecule has 0 N–H and O–H groups in total. The lowest BCUT2D eigenvalue weighted by atomic mass is 10.0. The number of alkyl halides is 3. The number of azide groups is 1. The summed E-state index contributed by atoms with van der Waals surface area (Å²) in [4.78, 5) is 21.2. The molecule has 0 bridgehead atoms. The Labute approximate surface area is 165 Å². The summed E-state index contributed by atoms with van der Waals surface area (Å²) < 4.78 is 39.8. The third-order valence-electron chi connectivity index (χ3n) is 4.44. The van der Waals surface area contributed by atoms with Crippen molar-refractivity contribution in [2.45, 2.75) is 38.4 Å². The van der Waals surface area contributed by atoms with Crippen LogP contribution < -0.4 is 4.90 Å². The smallest absolute Gasteiger partial charge is 0.334 e. The van der Waals surface area contributed by atoms with Crippen LogP contribution >= 0.6 is 12.2 Å². The van der Waals surface area contributed by atoms with Crippen molar-refractivity contribution < 1.29 is 18.0 Å².